The summed E-state index contributed by atoms with van der Waals surface area (Å²) in [6.07, 6.45) is 1.82. The van der Waals surface area contributed by atoms with Gasteiger partial charge in [0.15, 0.2) is 5.11 Å². The molecule has 0 bridgehead atoms. The van der Waals surface area contributed by atoms with Gasteiger partial charge in [0.2, 0.25) is 5.91 Å². The summed E-state index contributed by atoms with van der Waals surface area (Å²) in [6, 6.07) is 9.72. The largest absolute Gasteiger partial charge is 0.394 e. The van der Waals surface area contributed by atoms with Crippen LogP contribution in [0.2, 0.25) is 0 Å². The molecule has 0 fully saturated rings. The minimum absolute atomic E-state index is 0.00345. The van der Waals surface area contributed by atoms with Crippen LogP contribution in [0.25, 0.3) is 0 Å². The van der Waals surface area contributed by atoms with E-state index in [1.54, 1.807) is 0 Å². The maximum absolute atomic E-state index is 11.7. The number of carbonyl (C=O) groups is 1. The first-order valence-electron chi connectivity index (χ1n) is 6.40. The molecular weight excluding hydrogens is 260 g/mol. The lowest BCUT2D eigenvalue weighted by atomic mass is 10.1. The summed E-state index contributed by atoms with van der Waals surface area (Å²) in [4.78, 5) is 11.7. The summed E-state index contributed by atoms with van der Waals surface area (Å²) in [5.74, 6) is -0.117. The van der Waals surface area contributed by atoms with E-state index in [1.165, 1.54) is 0 Å². The molecule has 0 aliphatic heterocycles. The highest BCUT2D eigenvalue weighted by Gasteiger charge is 2.09. The third kappa shape index (κ3) is 6.31. The normalized spacial score (nSPS) is 11.7. The van der Waals surface area contributed by atoms with Gasteiger partial charge in [-0.1, -0.05) is 37.3 Å². The molecule has 1 rings (SSSR count). The molecule has 0 saturated carbocycles. The fourth-order valence-corrected chi connectivity index (χ4v) is 1.87. The second-order valence-electron chi connectivity index (χ2n) is 4.29. The maximum atomic E-state index is 11.7. The number of amides is 1. The molecule has 0 unspecified atom stereocenters. The number of carbonyl (C=O) groups excluding carboxylic acids is 1. The summed E-state index contributed by atoms with van der Waals surface area (Å²) >= 11 is 5.02. The van der Waals surface area contributed by atoms with Crippen LogP contribution in [-0.4, -0.2) is 28.8 Å². The number of aryl methyl sites for hydroxylation is 1. The van der Waals surface area contributed by atoms with E-state index in [4.69, 9.17) is 17.3 Å². The van der Waals surface area contributed by atoms with E-state index < -0.39 is 0 Å². The monoisotopic (exact) mass is 280 g/mol. The van der Waals surface area contributed by atoms with Crippen LogP contribution < -0.4 is 10.6 Å². The van der Waals surface area contributed by atoms with Crippen LogP contribution in [0, 0.1) is 0 Å². The number of nitrogens with one attached hydrogen (secondary N) is 2. The van der Waals surface area contributed by atoms with E-state index in [2.05, 4.69) is 10.6 Å². The van der Waals surface area contributed by atoms with Crippen LogP contribution in [0.15, 0.2) is 30.3 Å². The molecule has 1 aromatic rings. The lowest BCUT2D eigenvalue weighted by Crippen LogP contribution is -2.45. The highest BCUT2D eigenvalue weighted by molar-refractivity contribution is 7.80. The molecular formula is C14H20N2O2S. The lowest BCUT2D eigenvalue weighted by molar-refractivity contribution is -0.119. The van der Waals surface area contributed by atoms with E-state index in [0.717, 1.165) is 12.0 Å². The molecule has 1 amide bonds. The zero-order chi connectivity index (χ0) is 14.1. The molecule has 0 spiro atoms. The molecule has 0 heterocycles. The summed E-state index contributed by atoms with van der Waals surface area (Å²) in [5, 5.41) is 14.8. The summed E-state index contributed by atoms with van der Waals surface area (Å²) in [5.41, 5.74) is 1.12. The maximum Gasteiger partial charge on any atom is 0.226 e. The average Bonchev–Trinajstić information content (AvgIpc) is 2.43. The van der Waals surface area contributed by atoms with E-state index >= 15 is 0 Å². The van der Waals surface area contributed by atoms with Crippen molar-refractivity contribution in [3.05, 3.63) is 35.9 Å². The van der Waals surface area contributed by atoms with E-state index in [0.29, 0.717) is 12.8 Å². The molecule has 3 N–H and O–H groups in total. The highest BCUT2D eigenvalue weighted by atomic mass is 32.1. The number of rotatable bonds is 6. The van der Waals surface area contributed by atoms with Crippen LogP contribution in [0.4, 0.5) is 0 Å². The average molecular weight is 280 g/mol. The van der Waals surface area contributed by atoms with Crippen LogP contribution in [-0.2, 0) is 11.2 Å². The lowest BCUT2D eigenvalue weighted by Gasteiger charge is -2.16. The van der Waals surface area contributed by atoms with Crippen molar-refractivity contribution in [1.29, 1.82) is 0 Å². The van der Waals surface area contributed by atoms with Gasteiger partial charge in [-0.25, -0.2) is 0 Å². The quantitative estimate of drug-likeness (QED) is 0.689. The zero-order valence-corrected chi connectivity index (χ0v) is 11.9. The van der Waals surface area contributed by atoms with Crippen molar-refractivity contribution in [2.24, 2.45) is 0 Å². The first-order valence-corrected chi connectivity index (χ1v) is 6.81. The Labute approximate surface area is 119 Å². The first kappa shape index (κ1) is 15.6. The van der Waals surface area contributed by atoms with Gasteiger partial charge in [0.1, 0.15) is 0 Å². The number of aliphatic hydroxyl groups excluding tert-OH is 1. The summed E-state index contributed by atoms with van der Waals surface area (Å²) < 4.78 is 0. The third-order valence-corrected chi connectivity index (χ3v) is 3.00. The summed E-state index contributed by atoms with van der Waals surface area (Å²) in [6.45, 7) is 1.93. The van der Waals surface area contributed by atoms with Crippen LogP contribution in [0.1, 0.15) is 25.3 Å². The van der Waals surface area contributed by atoms with Crippen LogP contribution in [0.3, 0.4) is 0 Å². The molecule has 0 aromatic heterocycles. The highest BCUT2D eigenvalue weighted by Crippen LogP contribution is 2.02. The Hall–Kier alpha value is -1.46. The minimum atomic E-state index is -0.117. The van der Waals surface area contributed by atoms with Crippen molar-refractivity contribution < 1.29 is 9.90 Å². The minimum Gasteiger partial charge on any atom is -0.394 e. The Bertz CT molecular complexity index is 405. The number of hydrogen-bond acceptors (Lipinski definition) is 3. The van der Waals surface area contributed by atoms with E-state index in [9.17, 15) is 4.79 Å². The zero-order valence-electron chi connectivity index (χ0n) is 11.1. The Morgan fingerprint density at radius 2 is 2.05 bits per heavy atom. The second-order valence-corrected chi connectivity index (χ2v) is 4.70. The van der Waals surface area contributed by atoms with Gasteiger partial charge < -0.3 is 15.7 Å². The van der Waals surface area contributed by atoms with Gasteiger partial charge in [0.05, 0.1) is 12.6 Å². The van der Waals surface area contributed by atoms with Gasteiger partial charge in [0, 0.05) is 6.42 Å². The fraction of sp³-hybridized carbons (Fsp3) is 0.429. The molecule has 1 aromatic carbocycles. The van der Waals surface area contributed by atoms with Crippen LogP contribution in [0.5, 0.6) is 0 Å². The smallest absolute Gasteiger partial charge is 0.226 e. The van der Waals surface area contributed by atoms with Gasteiger partial charge in [-0.3, -0.25) is 4.79 Å². The molecule has 4 nitrogen and oxygen atoms in total. The van der Waals surface area contributed by atoms with E-state index in [1.807, 2.05) is 37.3 Å². The van der Waals surface area contributed by atoms with Crippen molar-refractivity contribution in [2.75, 3.05) is 6.61 Å². The van der Waals surface area contributed by atoms with Gasteiger partial charge >= 0.3 is 0 Å². The molecule has 0 aliphatic carbocycles. The Morgan fingerprint density at radius 3 is 2.63 bits per heavy atom. The first-order chi connectivity index (χ1) is 9.15. The number of hydrogen-bond donors (Lipinski definition) is 3. The summed E-state index contributed by atoms with van der Waals surface area (Å²) in [7, 11) is 0. The molecule has 104 valence electrons. The van der Waals surface area contributed by atoms with Crippen molar-refractivity contribution in [3.63, 3.8) is 0 Å². The molecule has 0 saturated heterocycles. The third-order valence-electron chi connectivity index (χ3n) is 2.78. The van der Waals surface area contributed by atoms with Crippen molar-refractivity contribution >= 4 is 23.2 Å². The molecule has 19 heavy (non-hydrogen) atoms. The van der Waals surface area contributed by atoms with Gasteiger partial charge in [-0.2, -0.15) is 0 Å². The topological polar surface area (TPSA) is 61.4 Å². The van der Waals surface area contributed by atoms with Gasteiger partial charge in [0.25, 0.3) is 0 Å². The predicted octanol–water partition coefficient (Wildman–Crippen LogP) is 1.38. The molecule has 5 heteroatoms. The molecule has 0 aliphatic rings. The Morgan fingerprint density at radius 1 is 1.37 bits per heavy atom. The van der Waals surface area contributed by atoms with Crippen molar-refractivity contribution in [3.8, 4) is 0 Å². The Kier molecular flexibility index (Phi) is 7.07. The number of aliphatic hydroxyl groups is 1. The standard InChI is InChI=1S/C14H20N2O2S/c1-2-12(10-17)15-14(19)16-13(18)9-8-11-6-4-3-5-7-11/h3-7,12,17H,2,8-10H2,1H3,(H2,15,16,18,19)/t12-/m1/s1. The van der Waals surface area contributed by atoms with Gasteiger partial charge in [-0.05, 0) is 30.6 Å². The SMILES string of the molecule is CC[C@H](CO)NC(=S)NC(=O)CCc1ccccc1. The van der Waals surface area contributed by atoms with Crippen molar-refractivity contribution in [2.45, 2.75) is 32.2 Å². The number of benzene rings is 1. The Balaban J connectivity index is 2.29. The van der Waals surface area contributed by atoms with E-state index in [-0.39, 0.29) is 23.7 Å². The van der Waals surface area contributed by atoms with Crippen molar-refractivity contribution in [1.82, 2.24) is 10.6 Å². The molecule has 0 radical (unpaired) electrons. The van der Waals surface area contributed by atoms with Gasteiger partial charge in [-0.15, -0.1) is 0 Å². The fourth-order valence-electron chi connectivity index (χ4n) is 1.59. The number of thiocarbonyl (C=S) groups is 1. The van der Waals surface area contributed by atoms with Crippen LogP contribution >= 0.6 is 12.2 Å². The predicted molar refractivity (Wildman–Crippen MR) is 79.8 cm³/mol. The second kappa shape index (κ2) is 8.61. The molecule has 1 atom stereocenters.